The fourth-order valence-corrected chi connectivity index (χ4v) is 3.26. The zero-order chi connectivity index (χ0) is 18.2. The van der Waals surface area contributed by atoms with Crippen LogP contribution in [0.2, 0.25) is 0 Å². The van der Waals surface area contributed by atoms with Crippen molar-refractivity contribution in [2.45, 2.75) is 13.1 Å². The van der Waals surface area contributed by atoms with Gasteiger partial charge in [0.2, 0.25) is 0 Å². The third-order valence-corrected chi connectivity index (χ3v) is 4.78. The van der Waals surface area contributed by atoms with Crippen LogP contribution in [0.15, 0.2) is 53.5 Å². The molecule has 0 aliphatic carbocycles. The first kappa shape index (κ1) is 19.3. The molecule has 0 saturated carbocycles. The molecule has 0 unspecified atom stereocenters. The van der Waals surface area contributed by atoms with Crippen molar-refractivity contribution in [2.75, 3.05) is 27.9 Å². The van der Waals surface area contributed by atoms with Crippen molar-refractivity contribution in [1.29, 1.82) is 0 Å². The lowest BCUT2D eigenvalue weighted by atomic mass is 10.1. The van der Waals surface area contributed by atoms with E-state index in [1.807, 2.05) is 24.3 Å². The average molecular weight is 406 g/mol. The lowest BCUT2D eigenvalue weighted by Crippen LogP contribution is -2.23. The highest BCUT2D eigenvalue weighted by molar-refractivity contribution is 9.10. The molecular weight excluding hydrogens is 382 g/mol. The largest absolute Gasteiger partial charge is 0.497 e. The molecule has 0 radical (unpaired) electrons. The normalized spacial score (nSPS) is 10.6. The van der Waals surface area contributed by atoms with Gasteiger partial charge in [-0.2, -0.15) is 0 Å². The fraction of sp³-hybridized carbons (Fsp3) is 0.300. The first-order valence-corrected chi connectivity index (χ1v) is 8.77. The van der Waals surface area contributed by atoms with Crippen LogP contribution in [0, 0.1) is 0 Å². The second-order valence-electron chi connectivity index (χ2n) is 5.58. The van der Waals surface area contributed by atoms with Gasteiger partial charge in [0.1, 0.15) is 5.75 Å². The molecule has 0 atom stereocenters. The molecule has 2 aromatic rings. The lowest BCUT2D eigenvalue weighted by molar-refractivity contribution is 0.284. The third kappa shape index (κ3) is 5.00. The van der Waals surface area contributed by atoms with E-state index in [1.54, 1.807) is 21.3 Å². The summed E-state index contributed by atoms with van der Waals surface area (Å²) in [6.45, 7) is 6.24. The summed E-state index contributed by atoms with van der Waals surface area (Å²) < 4.78 is 16.9. The molecule has 134 valence electrons. The molecule has 5 heteroatoms. The minimum Gasteiger partial charge on any atom is -0.497 e. The van der Waals surface area contributed by atoms with E-state index < -0.39 is 0 Å². The minimum atomic E-state index is 0.711. The number of methoxy groups -OCH3 is 3. The lowest BCUT2D eigenvalue weighted by Gasteiger charge is -2.22. The molecule has 2 rings (SSSR count). The summed E-state index contributed by atoms with van der Waals surface area (Å²) >= 11 is 3.64. The Morgan fingerprint density at radius 3 is 2.24 bits per heavy atom. The Kier molecular flexibility index (Phi) is 7.34. The van der Waals surface area contributed by atoms with Crippen LogP contribution in [0.1, 0.15) is 11.1 Å². The maximum absolute atomic E-state index is 5.47. The van der Waals surface area contributed by atoms with Crippen LogP contribution in [0.4, 0.5) is 0 Å². The summed E-state index contributed by atoms with van der Waals surface area (Å²) in [6.07, 6.45) is 1.91. The molecule has 0 bridgehead atoms. The van der Waals surface area contributed by atoms with Crippen LogP contribution in [0.5, 0.6) is 17.2 Å². The Bertz CT molecular complexity index is 701. The van der Waals surface area contributed by atoms with E-state index in [0.29, 0.717) is 11.5 Å². The number of benzene rings is 2. The van der Waals surface area contributed by atoms with E-state index in [4.69, 9.17) is 14.2 Å². The molecule has 0 spiro atoms. The first-order valence-electron chi connectivity index (χ1n) is 7.98. The number of hydrogen-bond acceptors (Lipinski definition) is 4. The minimum absolute atomic E-state index is 0.711. The van der Waals surface area contributed by atoms with Crippen molar-refractivity contribution in [3.8, 4) is 17.2 Å². The van der Waals surface area contributed by atoms with Crippen molar-refractivity contribution in [2.24, 2.45) is 0 Å². The van der Waals surface area contributed by atoms with Crippen molar-refractivity contribution in [3.63, 3.8) is 0 Å². The van der Waals surface area contributed by atoms with E-state index in [0.717, 1.165) is 35.4 Å². The van der Waals surface area contributed by atoms with Gasteiger partial charge in [-0.05, 0) is 45.3 Å². The average Bonchev–Trinajstić information content (AvgIpc) is 2.64. The van der Waals surface area contributed by atoms with Crippen LogP contribution >= 0.6 is 15.9 Å². The molecule has 25 heavy (non-hydrogen) atoms. The molecule has 0 saturated heterocycles. The molecular formula is C20H24BrNO3. The van der Waals surface area contributed by atoms with Gasteiger partial charge in [0.15, 0.2) is 11.5 Å². The van der Waals surface area contributed by atoms with Gasteiger partial charge >= 0.3 is 0 Å². The van der Waals surface area contributed by atoms with Crippen LogP contribution < -0.4 is 14.2 Å². The Labute approximate surface area is 158 Å². The van der Waals surface area contributed by atoms with E-state index in [-0.39, 0.29) is 0 Å². The van der Waals surface area contributed by atoms with Crippen LogP contribution in [0.25, 0.3) is 0 Å². The molecule has 4 nitrogen and oxygen atoms in total. The molecule has 0 N–H and O–H groups in total. The van der Waals surface area contributed by atoms with Gasteiger partial charge in [-0.15, -0.1) is 6.58 Å². The Morgan fingerprint density at radius 1 is 0.960 bits per heavy atom. The van der Waals surface area contributed by atoms with Gasteiger partial charge in [0, 0.05) is 19.6 Å². The molecule has 0 aliphatic rings. The van der Waals surface area contributed by atoms with Gasteiger partial charge < -0.3 is 14.2 Å². The molecule has 0 heterocycles. The summed E-state index contributed by atoms with van der Waals surface area (Å²) in [6, 6.07) is 12.1. The van der Waals surface area contributed by atoms with Crippen molar-refractivity contribution in [3.05, 3.63) is 64.7 Å². The smallest absolute Gasteiger partial charge is 0.175 e. The predicted molar refractivity (Wildman–Crippen MR) is 105 cm³/mol. The van der Waals surface area contributed by atoms with Crippen LogP contribution in [-0.2, 0) is 13.1 Å². The Hall–Kier alpha value is -1.98. The molecule has 0 fully saturated rings. The highest BCUT2D eigenvalue weighted by atomic mass is 79.9. The molecule has 0 amide bonds. The molecule has 0 aliphatic heterocycles. The van der Waals surface area contributed by atoms with Gasteiger partial charge in [-0.25, -0.2) is 0 Å². The van der Waals surface area contributed by atoms with E-state index >= 15 is 0 Å². The Balaban J connectivity index is 2.19. The van der Waals surface area contributed by atoms with Crippen molar-refractivity contribution < 1.29 is 14.2 Å². The zero-order valence-electron chi connectivity index (χ0n) is 14.9. The highest BCUT2D eigenvalue weighted by Gasteiger charge is 2.15. The zero-order valence-corrected chi connectivity index (χ0v) is 16.5. The van der Waals surface area contributed by atoms with E-state index in [1.165, 1.54) is 5.56 Å². The topological polar surface area (TPSA) is 30.9 Å². The molecule has 2 aromatic carbocycles. The van der Waals surface area contributed by atoms with Gasteiger partial charge in [0.25, 0.3) is 0 Å². The van der Waals surface area contributed by atoms with Gasteiger partial charge in [0.05, 0.1) is 25.8 Å². The summed E-state index contributed by atoms with van der Waals surface area (Å²) in [4.78, 5) is 2.31. The van der Waals surface area contributed by atoms with Crippen LogP contribution in [-0.4, -0.2) is 32.8 Å². The standard InChI is InChI=1S/C20H24BrNO3/c1-5-12-22(13-15-6-9-17(23-2)10-7-15)14-16-8-11-18(24-3)20(25-4)19(16)21/h5-11H,1,12-14H2,2-4H3. The number of ether oxygens (including phenoxy) is 3. The Morgan fingerprint density at radius 2 is 1.68 bits per heavy atom. The second-order valence-corrected chi connectivity index (χ2v) is 6.37. The first-order chi connectivity index (χ1) is 12.1. The second kappa shape index (κ2) is 9.49. The monoisotopic (exact) mass is 405 g/mol. The maximum atomic E-state index is 5.47. The van der Waals surface area contributed by atoms with Crippen LogP contribution in [0.3, 0.4) is 0 Å². The van der Waals surface area contributed by atoms with Crippen molar-refractivity contribution in [1.82, 2.24) is 4.90 Å². The van der Waals surface area contributed by atoms with Gasteiger partial charge in [-0.1, -0.05) is 24.3 Å². The quantitative estimate of drug-likeness (QED) is 0.567. The molecule has 0 aromatic heterocycles. The summed E-state index contributed by atoms with van der Waals surface area (Å²) in [5, 5.41) is 0. The maximum Gasteiger partial charge on any atom is 0.175 e. The van der Waals surface area contributed by atoms with E-state index in [2.05, 4.69) is 45.6 Å². The highest BCUT2D eigenvalue weighted by Crippen LogP contribution is 2.38. The summed E-state index contributed by atoms with van der Waals surface area (Å²) in [7, 11) is 4.95. The predicted octanol–water partition coefficient (Wildman–Crippen LogP) is 4.66. The number of hydrogen-bond donors (Lipinski definition) is 0. The SMILES string of the molecule is C=CCN(Cc1ccc(OC)cc1)Cc1ccc(OC)c(OC)c1Br. The number of halogens is 1. The number of rotatable bonds is 9. The third-order valence-electron chi connectivity index (χ3n) is 3.91. The fourth-order valence-electron chi connectivity index (χ4n) is 2.65. The summed E-state index contributed by atoms with van der Waals surface area (Å²) in [5.74, 6) is 2.29. The van der Waals surface area contributed by atoms with E-state index in [9.17, 15) is 0 Å². The summed E-state index contributed by atoms with van der Waals surface area (Å²) in [5.41, 5.74) is 2.35. The number of nitrogens with zero attached hydrogens (tertiary/aromatic N) is 1. The van der Waals surface area contributed by atoms with Crippen molar-refractivity contribution >= 4 is 15.9 Å². The van der Waals surface area contributed by atoms with Gasteiger partial charge in [-0.3, -0.25) is 4.90 Å².